The van der Waals surface area contributed by atoms with Gasteiger partial charge < -0.3 is 15.3 Å². The maximum Gasteiger partial charge on any atom is 0.404 e. The fourth-order valence-corrected chi connectivity index (χ4v) is 1.46. The number of hydrogen-bond acceptors (Lipinski definition) is 3. The first-order valence-corrected chi connectivity index (χ1v) is 4.27. The first-order chi connectivity index (χ1) is 6.63. The van der Waals surface area contributed by atoms with Crippen molar-refractivity contribution in [3.63, 3.8) is 0 Å². The first-order valence-electron chi connectivity index (χ1n) is 4.27. The van der Waals surface area contributed by atoms with E-state index in [0.29, 0.717) is 19.5 Å². The Kier molecular flexibility index (Phi) is 3.29. The van der Waals surface area contributed by atoms with Gasteiger partial charge in [-0.1, -0.05) is 0 Å². The number of nitrogens with one attached hydrogen (secondary N) is 1. The van der Waals surface area contributed by atoms with E-state index in [1.54, 1.807) is 6.07 Å². The summed E-state index contributed by atoms with van der Waals surface area (Å²) in [5, 5.41) is 19.0. The van der Waals surface area contributed by atoms with Gasteiger partial charge in [-0.25, -0.2) is 4.79 Å². The number of rotatable bonds is 2. The Morgan fingerprint density at radius 2 is 2.36 bits per heavy atom. The van der Waals surface area contributed by atoms with Gasteiger partial charge in [0.15, 0.2) is 0 Å². The van der Waals surface area contributed by atoms with E-state index in [-0.39, 0.29) is 18.4 Å². The van der Waals surface area contributed by atoms with Crippen LogP contribution in [0.3, 0.4) is 0 Å². The fraction of sp³-hybridized carbons (Fsp3) is 0.625. The van der Waals surface area contributed by atoms with E-state index in [2.05, 4.69) is 5.32 Å². The molecule has 1 unspecified atom stereocenters. The zero-order chi connectivity index (χ0) is 10.6. The molecule has 1 aliphatic heterocycles. The molecule has 1 atom stereocenters. The number of likely N-dealkylation sites (tertiary alicyclic amines) is 1. The van der Waals surface area contributed by atoms with Crippen LogP contribution in [0.5, 0.6) is 0 Å². The van der Waals surface area contributed by atoms with Crippen molar-refractivity contribution >= 4 is 12.0 Å². The summed E-state index contributed by atoms with van der Waals surface area (Å²) < 4.78 is 0. The van der Waals surface area contributed by atoms with Crippen molar-refractivity contribution in [1.82, 2.24) is 10.2 Å². The standard InChI is InChI=1S/C8H11N3O3/c9-3-1-7(12)11-4-2-6(5-11)10-8(13)14/h6,10H,1-2,4-5H2,(H,13,14). The third-order valence-electron chi connectivity index (χ3n) is 2.10. The van der Waals surface area contributed by atoms with E-state index in [1.807, 2.05) is 0 Å². The lowest BCUT2D eigenvalue weighted by atomic mass is 10.3. The Bertz CT molecular complexity index is 284. The van der Waals surface area contributed by atoms with Crippen molar-refractivity contribution < 1.29 is 14.7 Å². The van der Waals surface area contributed by atoms with E-state index in [9.17, 15) is 9.59 Å². The highest BCUT2D eigenvalue weighted by Crippen LogP contribution is 2.10. The molecule has 1 heterocycles. The van der Waals surface area contributed by atoms with Crippen LogP contribution < -0.4 is 5.32 Å². The van der Waals surface area contributed by atoms with Gasteiger partial charge in [-0.2, -0.15) is 5.26 Å². The monoisotopic (exact) mass is 197 g/mol. The molecule has 1 fully saturated rings. The normalized spacial score (nSPS) is 20.2. The fourth-order valence-electron chi connectivity index (χ4n) is 1.46. The molecule has 0 aromatic rings. The molecule has 1 aliphatic rings. The SMILES string of the molecule is N#CCC(=O)N1CCC(NC(=O)O)C1. The van der Waals surface area contributed by atoms with E-state index >= 15 is 0 Å². The Morgan fingerprint density at radius 3 is 2.93 bits per heavy atom. The molecule has 2 amide bonds. The summed E-state index contributed by atoms with van der Waals surface area (Å²) in [5.74, 6) is -0.234. The smallest absolute Gasteiger partial charge is 0.404 e. The van der Waals surface area contributed by atoms with Crippen LogP contribution in [0.15, 0.2) is 0 Å². The lowest BCUT2D eigenvalue weighted by Gasteiger charge is -2.14. The molecular weight excluding hydrogens is 186 g/mol. The molecule has 0 bridgehead atoms. The Morgan fingerprint density at radius 1 is 1.64 bits per heavy atom. The van der Waals surface area contributed by atoms with Gasteiger partial charge in [0.1, 0.15) is 6.42 Å². The lowest BCUT2D eigenvalue weighted by Crippen LogP contribution is -2.37. The van der Waals surface area contributed by atoms with Crippen molar-refractivity contribution in [1.29, 1.82) is 5.26 Å². The van der Waals surface area contributed by atoms with Gasteiger partial charge in [-0.05, 0) is 6.42 Å². The van der Waals surface area contributed by atoms with Crippen LogP contribution >= 0.6 is 0 Å². The molecule has 0 aromatic heterocycles. The molecule has 0 radical (unpaired) electrons. The Hall–Kier alpha value is -1.77. The number of hydrogen-bond donors (Lipinski definition) is 2. The highest BCUT2D eigenvalue weighted by atomic mass is 16.4. The molecule has 0 aromatic carbocycles. The maximum atomic E-state index is 11.2. The summed E-state index contributed by atoms with van der Waals surface area (Å²) in [6.45, 7) is 0.887. The first kappa shape index (κ1) is 10.3. The average Bonchev–Trinajstić information content (AvgIpc) is 2.52. The third kappa shape index (κ3) is 2.62. The average molecular weight is 197 g/mol. The van der Waals surface area contributed by atoms with Gasteiger partial charge in [0, 0.05) is 13.1 Å². The van der Waals surface area contributed by atoms with Gasteiger partial charge in [0.25, 0.3) is 0 Å². The summed E-state index contributed by atoms with van der Waals surface area (Å²) in [6.07, 6.45) is -0.604. The van der Waals surface area contributed by atoms with Gasteiger partial charge >= 0.3 is 6.09 Å². The second kappa shape index (κ2) is 4.46. The van der Waals surface area contributed by atoms with Gasteiger partial charge in [-0.3, -0.25) is 4.79 Å². The number of nitrogens with zero attached hydrogens (tertiary/aromatic N) is 2. The lowest BCUT2D eigenvalue weighted by molar-refractivity contribution is -0.129. The van der Waals surface area contributed by atoms with E-state index in [4.69, 9.17) is 10.4 Å². The molecule has 6 nitrogen and oxygen atoms in total. The number of carbonyl (C=O) groups excluding carboxylic acids is 1. The molecule has 6 heteroatoms. The van der Waals surface area contributed by atoms with Gasteiger partial charge in [0.05, 0.1) is 12.1 Å². The van der Waals surface area contributed by atoms with E-state index < -0.39 is 6.09 Å². The predicted molar refractivity (Wildman–Crippen MR) is 46.4 cm³/mol. The van der Waals surface area contributed by atoms with Crippen molar-refractivity contribution in [3.8, 4) is 6.07 Å². The number of amides is 2. The molecule has 0 saturated carbocycles. The van der Waals surface area contributed by atoms with Gasteiger partial charge in [0.2, 0.25) is 5.91 Å². The number of carbonyl (C=O) groups is 2. The zero-order valence-electron chi connectivity index (χ0n) is 7.56. The minimum atomic E-state index is -1.08. The summed E-state index contributed by atoms with van der Waals surface area (Å²) >= 11 is 0. The second-order valence-corrected chi connectivity index (χ2v) is 3.11. The van der Waals surface area contributed by atoms with Crippen LogP contribution in [0.2, 0.25) is 0 Å². The molecule has 14 heavy (non-hydrogen) atoms. The topological polar surface area (TPSA) is 93.4 Å². The largest absolute Gasteiger partial charge is 0.465 e. The summed E-state index contributed by atoms with van der Waals surface area (Å²) in [5.41, 5.74) is 0. The number of carboxylic acid groups (broad SMARTS) is 1. The highest BCUT2D eigenvalue weighted by molar-refractivity contribution is 5.78. The molecule has 1 rings (SSSR count). The second-order valence-electron chi connectivity index (χ2n) is 3.11. The van der Waals surface area contributed by atoms with Gasteiger partial charge in [-0.15, -0.1) is 0 Å². The predicted octanol–water partition coefficient (Wildman–Crippen LogP) is -0.231. The molecule has 0 aliphatic carbocycles. The molecule has 0 spiro atoms. The van der Waals surface area contributed by atoms with Crippen molar-refractivity contribution in [2.75, 3.05) is 13.1 Å². The van der Waals surface area contributed by atoms with E-state index in [1.165, 1.54) is 4.90 Å². The van der Waals surface area contributed by atoms with E-state index in [0.717, 1.165) is 0 Å². The number of nitriles is 1. The Labute approximate surface area is 81.1 Å². The van der Waals surface area contributed by atoms with Crippen LogP contribution in [0, 0.1) is 11.3 Å². The molecule has 1 saturated heterocycles. The van der Waals surface area contributed by atoms with Crippen molar-refractivity contribution in [2.45, 2.75) is 18.9 Å². The Balaban J connectivity index is 2.38. The van der Waals surface area contributed by atoms with Crippen LogP contribution in [-0.4, -0.2) is 41.1 Å². The third-order valence-corrected chi connectivity index (χ3v) is 2.10. The molecule has 76 valence electrons. The van der Waals surface area contributed by atoms with Crippen molar-refractivity contribution in [3.05, 3.63) is 0 Å². The van der Waals surface area contributed by atoms with Crippen LogP contribution in [0.25, 0.3) is 0 Å². The molecular formula is C8H11N3O3. The minimum absolute atomic E-state index is 0.139. The minimum Gasteiger partial charge on any atom is -0.465 e. The maximum absolute atomic E-state index is 11.2. The summed E-state index contributed by atoms with van der Waals surface area (Å²) in [4.78, 5) is 23.0. The van der Waals surface area contributed by atoms with Crippen LogP contribution in [0.1, 0.15) is 12.8 Å². The van der Waals surface area contributed by atoms with Crippen LogP contribution in [-0.2, 0) is 4.79 Å². The zero-order valence-corrected chi connectivity index (χ0v) is 7.56. The quantitative estimate of drug-likeness (QED) is 0.639. The molecule has 2 N–H and O–H groups in total. The summed E-state index contributed by atoms with van der Waals surface area (Å²) in [7, 11) is 0. The summed E-state index contributed by atoms with van der Waals surface area (Å²) in [6, 6.07) is 1.57. The highest BCUT2D eigenvalue weighted by Gasteiger charge is 2.26. The van der Waals surface area contributed by atoms with Crippen molar-refractivity contribution in [2.24, 2.45) is 0 Å². The van der Waals surface area contributed by atoms with Crippen LogP contribution in [0.4, 0.5) is 4.79 Å².